The zero-order valence-corrected chi connectivity index (χ0v) is 17.4. The van der Waals surface area contributed by atoms with E-state index < -0.39 is 6.04 Å². The molecule has 154 valence electrons. The Bertz CT molecular complexity index is 1060. The van der Waals surface area contributed by atoms with E-state index in [2.05, 4.69) is 10.3 Å². The smallest absolute Gasteiger partial charge is 0.264 e. The lowest BCUT2D eigenvalue weighted by Gasteiger charge is -2.34. The SMILES string of the molecule is Cn1ccnc1C(=O)c1ccc(NC(=O)C2CCCCN2C(=O)c2cccs2)cc1. The molecule has 3 aromatic rings. The molecular formula is C22H22N4O3S. The number of anilines is 1. The number of rotatable bonds is 5. The number of hydrogen-bond acceptors (Lipinski definition) is 5. The minimum atomic E-state index is -0.498. The number of benzene rings is 1. The monoisotopic (exact) mass is 422 g/mol. The predicted octanol–water partition coefficient (Wildman–Crippen LogP) is 3.35. The highest BCUT2D eigenvalue weighted by Crippen LogP contribution is 2.23. The van der Waals surface area contributed by atoms with Crippen LogP contribution in [0.15, 0.2) is 54.2 Å². The van der Waals surface area contributed by atoms with Crippen LogP contribution in [-0.2, 0) is 11.8 Å². The molecule has 4 rings (SSSR count). The molecule has 1 aromatic carbocycles. The maximum absolute atomic E-state index is 12.9. The first-order valence-electron chi connectivity index (χ1n) is 9.82. The quantitative estimate of drug-likeness (QED) is 0.639. The summed E-state index contributed by atoms with van der Waals surface area (Å²) in [7, 11) is 1.77. The molecule has 1 fully saturated rings. The van der Waals surface area contributed by atoms with Crippen LogP contribution in [-0.4, -0.2) is 44.6 Å². The summed E-state index contributed by atoms with van der Waals surface area (Å²) in [4.78, 5) is 44.6. The number of hydrogen-bond donors (Lipinski definition) is 1. The number of aryl methyl sites for hydroxylation is 1. The molecule has 3 heterocycles. The Morgan fingerprint density at radius 1 is 1.13 bits per heavy atom. The molecule has 2 aromatic heterocycles. The van der Waals surface area contributed by atoms with Gasteiger partial charge in [0, 0.05) is 37.2 Å². The van der Waals surface area contributed by atoms with Crippen LogP contribution in [0, 0.1) is 0 Å². The standard InChI is InChI=1S/C22H22N4O3S/c1-25-13-11-23-20(25)19(27)15-7-9-16(10-8-15)24-21(28)17-5-2-3-12-26(17)22(29)18-6-4-14-30-18/h4,6-11,13-14,17H,2-3,5,12H2,1H3,(H,24,28). The molecular weight excluding hydrogens is 400 g/mol. The van der Waals surface area contributed by atoms with Crippen LogP contribution < -0.4 is 5.32 Å². The normalized spacial score (nSPS) is 16.3. The van der Waals surface area contributed by atoms with Crippen LogP contribution in [0.25, 0.3) is 0 Å². The average Bonchev–Trinajstić information content (AvgIpc) is 3.45. The molecule has 1 saturated heterocycles. The number of piperidine rings is 1. The fourth-order valence-electron chi connectivity index (χ4n) is 3.63. The fourth-order valence-corrected chi connectivity index (χ4v) is 4.31. The molecule has 1 aliphatic heterocycles. The van der Waals surface area contributed by atoms with E-state index in [-0.39, 0.29) is 17.6 Å². The van der Waals surface area contributed by atoms with E-state index in [1.165, 1.54) is 11.3 Å². The lowest BCUT2D eigenvalue weighted by Crippen LogP contribution is -2.49. The molecule has 1 atom stereocenters. The number of carbonyl (C=O) groups excluding carboxylic acids is 3. The van der Waals surface area contributed by atoms with Crippen molar-refractivity contribution < 1.29 is 14.4 Å². The molecule has 2 amide bonds. The average molecular weight is 423 g/mol. The fraction of sp³-hybridized carbons (Fsp3) is 0.273. The third-order valence-electron chi connectivity index (χ3n) is 5.24. The first kappa shape index (κ1) is 20.0. The summed E-state index contributed by atoms with van der Waals surface area (Å²) in [6.45, 7) is 0.575. The van der Waals surface area contributed by atoms with E-state index in [0.29, 0.717) is 34.9 Å². The third-order valence-corrected chi connectivity index (χ3v) is 6.10. The molecule has 1 unspecified atom stereocenters. The second kappa shape index (κ2) is 8.62. The van der Waals surface area contributed by atoms with Gasteiger partial charge >= 0.3 is 0 Å². The number of nitrogens with one attached hydrogen (secondary N) is 1. The van der Waals surface area contributed by atoms with Crippen molar-refractivity contribution in [1.82, 2.24) is 14.5 Å². The molecule has 8 heteroatoms. The van der Waals surface area contributed by atoms with Gasteiger partial charge in [0.05, 0.1) is 4.88 Å². The van der Waals surface area contributed by atoms with Gasteiger partial charge in [0.25, 0.3) is 5.91 Å². The second-order valence-corrected chi connectivity index (χ2v) is 8.19. The zero-order chi connectivity index (χ0) is 21.1. The first-order valence-corrected chi connectivity index (χ1v) is 10.7. The molecule has 30 heavy (non-hydrogen) atoms. The van der Waals surface area contributed by atoms with E-state index >= 15 is 0 Å². The number of likely N-dealkylation sites (tertiary alicyclic amines) is 1. The Labute approximate surface area is 178 Å². The van der Waals surface area contributed by atoms with Gasteiger partial charge in [-0.15, -0.1) is 11.3 Å². The van der Waals surface area contributed by atoms with Crippen molar-refractivity contribution in [2.75, 3.05) is 11.9 Å². The molecule has 1 aliphatic rings. The summed E-state index contributed by atoms with van der Waals surface area (Å²) >= 11 is 1.38. The van der Waals surface area contributed by atoms with E-state index in [0.717, 1.165) is 12.8 Å². The summed E-state index contributed by atoms with van der Waals surface area (Å²) in [6, 6.07) is 9.86. The second-order valence-electron chi connectivity index (χ2n) is 7.24. The Morgan fingerprint density at radius 3 is 2.60 bits per heavy atom. The Morgan fingerprint density at radius 2 is 1.93 bits per heavy atom. The summed E-state index contributed by atoms with van der Waals surface area (Å²) in [6.07, 6.45) is 5.73. The third kappa shape index (κ3) is 4.04. The minimum Gasteiger partial charge on any atom is -0.331 e. The number of aromatic nitrogens is 2. The molecule has 0 saturated carbocycles. The number of ketones is 1. The topological polar surface area (TPSA) is 84.3 Å². The van der Waals surface area contributed by atoms with Crippen molar-refractivity contribution in [2.45, 2.75) is 25.3 Å². The van der Waals surface area contributed by atoms with Gasteiger partial charge in [-0.2, -0.15) is 0 Å². The lowest BCUT2D eigenvalue weighted by atomic mass is 10.0. The highest BCUT2D eigenvalue weighted by atomic mass is 32.1. The van der Waals surface area contributed by atoms with Gasteiger partial charge in [0.15, 0.2) is 5.82 Å². The number of imidazole rings is 1. The number of carbonyl (C=O) groups is 3. The van der Waals surface area contributed by atoms with Crippen LogP contribution in [0.4, 0.5) is 5.69 Å². The van der Waals surface area contributed by atoms with E-state index in [9.17, 15) is 14.4 Å². The van der Waals surface area contributed by atoms with Gasteiger partial charge in [-0.3, -0.25) is 14.4 Å². The molecule has 0 bridgehead atoms. The summed E-state index contributed by atoms with van der Waals surface area (Å²) in [5, 5.41) is 4.75. The van der Waals surface area contributed by atoms with Crippen LogP contribution in [0.2, 0.25) is 0 Å². The maximum Gasteiger partial charge on any atom is 0.264 e. The minimum absolute atomic E-state index is 0.0964. The van der Waals surface area contributed by atoms with E-state index in [1.54, 1.807) is 59.2 Å². The summed E-state index contributed by atoms with van der Waals surface area (Å²) < 4.78 is 1.67. The Kier molecular flexibility index (Phi) is 5.76. The van der Waals surface area contributed by atoms with Gasteiger partial charge < -0.3 is 14.8 Å². The van der Waals surface area contributed by atoms with Crippen molar-refractivity contribution in [1.29, 1.82) is 0 Å². The Balaban J connectivity index is 1.45. The lowest BCUT2D eigenvalue weighted by molar-refractivity contribution is -0.121. The Hall–Kier alpha value is -3.26. The van der Waals surface area contributed by atoms with E-state index in [4.69, 9.17) is 0 Å². The van der Waals surface area contributed by atoms with Crippen molar-refractivity contribution in [3.8, 4) is 0 Å². The van der Waals surface area contributed by atoms with Crippen LogP contribution in [0.3, 0.4) is 0 Å². The number of amides is 2. The van der Waals surface area contributed by atoms with Crippen molar-refractivity contribution >= 4 is 34.6 Å². The van der Waals surface area contributed by atoms with Crippen molar-refractivity contribution in [2.24, 2.45) is 7.05 Å². The van der Waals surface area contributed by atoms with Crippen LogP contribution >= 0.6 is 11.3 Å². The van der Waals surface area contributed by atoms with Gasteiger partial charge in [0.1, 0.15) is 6.04 Å². The van der Waals surface area contributed by atoms with Crippen molar-refractivity contribution in [3.63, 3.8) is 0 Å². The molecule has 1 N–H and O–H groups in total. The number of thiophene rings is 1. The first-order chi connectivity index (χ1) is 14.5. The van der Waals surface area contributed by atoms with Gasteiger partial charge in [-0.05, 0) is 55.0 Å². The maximum atomic E-state index is 12.9. The highest BCUT2D eigenvalue weighted by Gasteiger charge is 2.33. The molecule has 0 spiro atoms. The number of nitrogens with zero attached hydrogens (tertiary/aromatic N) is 3. The molecule has 0 radical (unpaired) electrons. The van der Waals surface area contributed by atoms with Crippen molar-refractivity contribution in [3.05, 3.63) is 70.4 Å². The van der Waals surface area contributed by atoms with Crippen LogP contribution in [0.5, 0.6) is 0 Å². The summed E-state index contributed by atoms with van der Waals surface area (Å²) in [5.41, 5.74) is 1.08. The molecule has 0 aliphatic carbocycles. The predicted molar refractivity (Wildman–Crippen MR) is 115 cm³/mol. The van der Waals surface area contributed by atoms with E-state index in [1.807, 2.05) is 11.4 Å². The zero-order valence-electron chi connectivity index (χ0n) is 16.6. The highest BCUT2D eigenvalue weighted by molar-refractivity contribution is 7.12. The largest absolute Gasteiger partial charge is 0.331 e. The summed E-state index contributed by atoms with van der Waals surface area (Å²) in [5.74, 6) is -0.124. The molecule has 7 nitrogen and oxygen atoms in total. The van der Waals surface area contributed by atoms with Crippen LogP contribution in [0.1, 0.15) is 45.1 Å². The van der Waals surface area contributed by atoms with Gasteiger partial charge in [-0.1, -0.05) is 6.07 Å². The van der Waals surface area contributed by atoms with Gasteiger partial charge in [-0.25, -0.2) is 4.98 Å². The van der Waals surface area contributed by atoms with Gasteiger partial charge in [0.2, 0.25) is 11.7 Å².